The van der Waals surface area contributed by atoms with Crippen LogP contribution in [0.3, 0.4) is 0 Å². The van der Waals surface area contributed by atoms with Crippen LogP contribution >= 0.6 is 15.9 Å². The van der Waals surface area contributed by atoms with Crippen LogP contribution in [0.1, 0.15) is 17.3 Å². The number of anilines is 1. The van der Waals surface area contributed by atoms with Crippen molar-refractivity contribution in [1.29, 1.82) is 0 Å². The van der Waals surface area contributed by atoms with E-state index in [4.69, 9.17) is 18.9 Å². The molecular formula is C20H24BrNO5. The number of amides is 1. The van der Waals surface area contributed by atoms with Gasteiger partial charge < -0.3 is 24.3 Å². The first-order valence-corrected chi connectivity index (χ1v) is 9.46. The number of rotatable bonds is 11. The van der Waals surface area contributed by atoms with E-state index >= 15 is 0 Å². The van der Waals surface area contributed by atoms with Gasteiger partial charge in [0.1, 0.15) is 24.7 Å². The number of benzene rings is 2. The molecule has 2 aromatic carbocycles. The second-order valence-electron chi connectivity index (χ2n) is 5.51. The van der Waals surface area contributed by atoms with Gasteiger partial charge in [-0.05, 0) is 53.2 Å². The smallest absolute Gasteiger partial charge is 0.255 e. The lowest BCUT2D eigenvalue weighted by Crippen LogP contribution is -2.12. The highest BCUT2D eigenvalue weighted by Gasteiger charge is 2.10. The van der Waals surface area contributed by atoms with Gasteiger partial charge in [0, 0.05) is 31.0 Å². The fourth-order valence-electron chi connectivity index (χ4n) is 2.22. The summed E-state index contributed by atoms with van der Waals surface area (Å²) >= 11 is 3.43. The SMILES string of the molecule is CCOCCOc1cccc(NC(=O)c2ccc(OCCOC)c(Br)c2)c1. The Morgan fingerprint density at radius 1 is 1.04 bits per heavy atom. The number of methoxy groups -OCH3 is 1. The van der Waals surface area contributed by atoms with E-state index in [9.17, 15) is 4.79 Å². The van der Waals surface area contributed by atoms with Crippen LogP contribution in [0.5, 0.6) is 11.5 Å². The highest BCUT2D eigenvalue weighted by Crippen LogP contribution is 2.26. The van der Waals surface area contributed by atoms with Crippen LogP contribution in [0.25, 0.3) is 0 Å². The summed E-state index contributed by atoms with van der Waals surface area (Å²) < 4.78 is 22.1. The molecule has 2 rings (SSSR count). The van der Waals surface area contributed by atoms with E-state index in [1.807, 2.05) is 25.1 Å². The average Bonchev–Trinajstić information content (AvgIpc) is 2.67. The third-order valence-electron chi connectivity index (χ3n) is 3.53. The van der Waals surface area contributed by atoms with E-state index in [1.165, 1.54) is 0 Å². The molecule has 0 spiro atoms. The van der Waals surface area contributed by atoms with Gasteiger partial charge in [0.25, 0.3) is 5.91 Å². The van der Waals surface area contributed by atoms with Crippen LogP contribution in [0.4, 0.5) is 5.69 Å². The van der Waals surface area contributed by atoms with Gasteiger partial charge >= 0.3 is 0 Å². The molecule has 146 valence electrons. The summed E-state index contributed by atoms with van der Waals surface area (Å²) in [5.41, 5.74) is 1.18. The van der Waals surface area contributed by atoms with Crippen LogP contribution in [0.2, 0.25) is 0 Å². The topological polar surface area (TPSA) is 66.0 Å². The van der Waals surface area contributed by atoms with Crippen LogP contribution in [-0.4, -0.2) is 46.1 Å². The zero-order valence-corrected chi connectivity index (χ0v) is 17.1. The Balaban J connectivity index is 1.95. The van der Waals surface area contributed by atoms with E-state index in [1.54, 1.807) is 31.4 Å². The van der Waals surface area contributed by atoms with Crippen molar-refractivity contribution >= 4 is 27.5 Å². The van der Waals surface area contributed by atoms with Crippen LogP contribution in [-0.2, 0) is 9.47 Å². The van der Waals surface area contributed by atoms with Gasteiger partial charge in [-0.25, -0.2) is 0 Å². The first-order valence-electron chi connectivity index (χ1n) is 8.67. The molecule has 0 atom stereocenters. The summed E-state index contributed by atoms with van der Waals surface area (Å²) in [5.74, 6) is 1.12. The van der Waals surface area contributed by atoms with Gasteiger partial charge in [-0.3, -0.25) is 4.79 Å². The number of halogens is 1. The van der Waals surface area contributed by atoms with Crippen molar-refractivity contribution < 1.29 is 23.7 Å². The summed E-state index contributed by atoms with van der Waals surface area (Å²) in [5, 5.41) is 2.87. The van der Waals surface area contributed by atoms with Crippen molar-refractivity contribution in [3.8, 4) is 11.5 Å². The number of hydrogen-bond acceptors (Lipinski definition) is 5. The summed E-state index contributed by atoms with van der Waals surface area (Å²) in [4.78, 5) is 12.5. The lowest BCUT2D eigenvalue weighted by atomic mass is 10.2. The Kier molecular flexibility index (Phi) is 9.10. The summed E-state index contributed by atoms with van der Waals surface area (Å²) in [7, 11) is 1.62. The van der Waals surface area contributed by atoms with Gasteiger partial charge in [-0.15, -0.1) is 0 Å². The molecule has 2 aromatic rings. The lowest BCUT2D eigenvalue weighted by molar-refractivity contribution is 0.102. The maximum absolute atomic E-state index is 12.5. The first-order chi connectivity index (χ1) is 13.1. The van der Waals surface area contributed by atoms with Crippen molar-refractivity contribution in [1.82, 2.24) is 0 Å². The quantitative estimate of drug-likeness (QED) is 0.535. The maximum atomic E-state index is 12.5. The van der Waals surface area contributed by atoms with E-state index in [2.05, 4.69) is 21.2 Å². The molecule has 0 aliphatic rings. The number of nitrogens with one attached hydrogen (secondary N) is 1. The zero-order valence-electron chi connectivity index (χ0n) is 15.5. The molecular weight excluding hydrogens is 414 g/mol. The molecule has 6 nitrogen and oxygen atoms in total. The van der Waals surface area contributed by atoms with Gasteiger partial charge in [0.15, 0.2) is 0 Å². The number of carbonyl (C=O) groups excluding carboxylic acids is 1. The standard InChI is InChI=1S/C20H24BrNO5/c1-3-25-10-12-26-17-6-4-5-16(14-17)22-20(23)15-7-8-19(18(21)13-15)27-11-9-24-2/h4-8,13-14H,3,9-12H2,1-2H3,(H,22,23). The molecule has 1 amide bonds. The maximum Gasteiger partial charge on any atom is 0.255 e. The molecule has 0 heterocycles. The number of hydrogen-bond donors (Lipinski definition) is 1. The zero-order chi connectivity index (χ0) is 19.5. The molecule has 0 bridgehead atoms. The van der Waals surface area contributed by atoms with E-state index in [0.29, 0.717) is 60.3 Å². The van der Waals surface area contributed by atoms with Crippen molar-refractivity contribution in [3.63, 3.8) is 0 Å². The predicted molar refractivity (Wildman–Crippen MR) is 108 cm³/mol. The van der Waals surface area contributed by atoms with Gasteiger partial charge in [-0.2, -0.15) is 0 Å². The minimum atomic E-state index is -0.217. The van der Waals surface area contributed by atoms with Gasteiger partial charge in [0.2, 0.25) is 0 Å². The normalized spacial score (nSPS) is 10.5. The van der Waals surface area contributed by atoms with Gasteiger partial charge in [0.05, 0.1) is 17.7 Å². The van der Waals surface area contributed by atoms with Crippen LogP contribution in [0, 0.1) is 0 Å². The highest BCUT2D eigenvalue weighted by atomic mass is 79.9. The Morgan fingerprint density at radius 3 is 2.59 bits per heavy atom. The van der Waals surface area contributed by atoms with E-state index in [-0.39, 0.29) is 5.91 Å². The molecule has 0 unspecified atom stereocenters. The minimum Gasteiger partial charge on any atom is -0.491 e. The molecule has 0 aliphatic heterocycles. The molecule has 1 N–H and O–H groups in total. The molecule has 7 heteroatoms. The fourth-order valence-corrected chi connectivity index (χ4v) is 2.72. The van der Waals surface area contributed by atoms with Gasteiger partial charge in [-0.1, -0.05) is 6.07 Å². The van der Waals surface area contributed by atoms with Crippen molar-refractivity contribution in [2.24, 2.45) is 0 Å². The van der Waals surface area contributed by atoms with Crippen molar-refractivity contribution in [2.75, 3.05) is 45.5 Å². The Hall–Kier alpha value is -2.09. The molecule has 0 aliphatic carbocycles. The predicted octanol–water partition coefficient (Wildman–Crippen LogP) is 4.14. The van der Waals surface area contributed by atoms with E-state index in [0.717, 1.165) is 0 Å². The lowest BCUT2D eigenvalue weighted by Gasteiger charge is -2.11. The number of ether oxygens (including phenoxy) is 4. The second-order valence-corrected chi connectivity index (χ2v) is 6.37. The highest BCUT2D eigenvalue weighted by molar-refractivity contribution is 9.10. The molecule has 0 saturated heterocycles. The summed E-state index contributed by atoms with van der Waals surface area (Å²) in [6, 6.07) is 12.4. The third-order valence-corrected chi connectivity index (χ3v) is 4.15. The molecule has 0 aromatic heterocycles. The Labute approximate surface area is 167 Å². The van der Waals surface area contributed by atoms with Crippen LogP contribution < -0.4 is 14.8 Å². The molecule has 0 radical (unpaired) electrons. The number of carbonyl (C=O) groups is 1. The second kappa shape index (κ2) is 11.6. The van der Waals surface area contributed by atoms with E-state index < -0.39 is 0 Å². The van der Waals surface area contributed by atoms with Crippen molar-refractivity contribution in [3.05, 3.63) is 52.5 Å². The summed E-state index contributed by atoms with van der Waals surface area (Å²) in [6.45, 7) is 4.52. The van der Waals surface area contributed by atoms with Crippen molar-refractivity contribution in [2.45, 2.75) is 6.92 Å². The average molecular weight is 438 g/mol. The monoisotopic (exact) mass is 437 g/mol. The summed E-state index contributed by atoms with van der Waals surface area (Å²) in [6.07, 6.45) is 0. The largest absolute Gasteiger partial charge is 0.491 e. The molecule has 27 heavy (non-hydrogen) atoms. The van der Waals surface area contributed by atoms with Crippen LogP contribution in [0.15, 0.2) is 46.9 Å². The molecule has 0 fully saturated rings. The fraction of sp³-hybridized carbons (Fsp3) is 0.350. The third kappa shape index (κ3) is 7.21. The Morgan fingerprint density at radius 2 is 1.85 bits per heavy atom. The minimum absolute atomic E-state index is 0.217. The first kappa shape index (κ1) is 21.2. The molecule has 0 saturated carbocycles. The Bertz CT molecular complexity index is 738.